The molecule has 0 aliphatic rings. The summed E-state index contributed by atoms with van der Waals surface area (Å²) in [4.78, 5) is 0. The van der Waals surface area contributed by atoms with Gasteiger partial charge in [-0.1, -0.05) is 97.6 Å². The van der Waals surface area contributed by atoms with Crippen LogP contribution in [0.5, 0.6) is 0 Å². The molecule has 0 saturated heterocycles. The highest BCUT2D eigenvalue weighted by Crippen LogP contribution is 2.40. The molecule has 35 heavy (non-hydrogen) atoms. The van der Waals surface area contributed by atoms with E-state index in [9.17, 15) is 0 Å². The van der Waals surface area contributed by atoms with Crippen molar-refractivity contribution in [2.75, 3.05) is 5.32 Å². The first-order valence-electron chi connectivity index (χ1n) is 11.8. The minimum Gasteiger partial charge on any atom is -0.455 e. The third-order valence-corrected chi connectivity index (χ3v) is 6.48. The van der Waals surface area contributed by atoms with Crippen LogP contribution in [0.4, 0.5) is 5.69 Å². The van der Waals surface area contributed by atoms with Crippen LogP contribution in [-0.4, -0.2) is 0 Å². The molecular weight excluding hydrogens is 426 g/mol. The molecule has 6 aromatic rings. The average molecular weight is 452 g/mol. The molecule has 2 heteroatoms. The Bertz CT molecular complexity index is 1730. The van der Waals surface area contributed by atoms with Crippen LogP contribution in [0.2, 0.25) is 0 Å². The highest BCUT2D eigenvalue weighted by Gasteiger charge is 2.20. The molecule has 1 aromatic heterocycles. The van der Waals surface area contributed by atoms with Crippen molar-refractivity contribution in [3.63, 3.8) is 0 Å². The molecule has 0 unspecified atom stereocenters. The van der Waals surface area contributed by atoms with Crippen molar-refractivity contribution in [1.29, 1.82) is 0 Å². The van der Waals surface area contributed by atoms with Gasteiger partial charge < -0.3 is 9.73 Å². The van der Waals surface area contributed by atoms with E-state index in [1.165, 1.54) is 21.5 Å². The minimum atomic E-state index is 0.793. The van der Waals surface area contributed by atoms with Crippen molar-refractivity contribution in [3.8, 4) is 0 Å². The molecule has 0 spiro atoms. The molecule has 0 radical (unpaired) electrons. The number of hydrogen-bond donors (Lipinski definition) is 1. The summed E-state index contributed by atoms with van der Waals surface area (Å²) >= 11 is 0. The highest BCUT2D eigenvalue weighted by molar-refractivity contribution is 6.12. The van der Waals surface area contributed by atoms with Crippen molar-refractivity contribution in [1.82, 2.24) is 0 Å². The number of allylic oxidation sites excluding steroid dienone is 1. The largest absolute Gasteiger partial charge is 0.455 e. The Kier molecular flexibility index (Phi) is 5.20. The number of fused-ring (bicyclic) bond motifs is 4. The Balaban J connectivity index is 1.58. The smallest absolute Gasteiger partial charge is 0.142 e. The average Bonchev–Trinajstić information content (AvgIpc) is 3.27. The molecule has 0 aliphatic carbocycles. The van der Waals surface area contributed by atoms with Crippen LogP contribution in [0, 0.1) is 0 Å². The topological polar surface area (TPSA) is 25.2 Å². The van der Waals surface area contributed by atoms with Crippen LogP contribution in [0.3, 0.4) is 0 Å². The predicted molar refractivity (Wildman–Crippen MR) is 150 cm³/mol. The molecule has 168 valence electrons. The Morgan fingerprint density at radius 3 is 2.17 bits per heavy atom. The van der Waals surface area contributed by atoms with Crippen LogP contribution in [0.25, 0.3) is 44.2 Å². The van der Waals surface area contributed by atoms with Crippen LogP contribution in [-0.2, 0) is 0 Å². The van der Waals surface area contributed by atoms with Crippen molar-refractivity contribution in [3.05, 3.63) is 138 Å². The van der Waals surface area contributed by atoms with Gasteiger partial charge in [-0.05, 0) is 58.3 Å². The van der Waals surface area contributed by atoms with E-state index in [1.807, 2.05) is 18.2 Å². The molecule has 0 bridgehead atoms. The van der Waals surface area contributed by atoms with E-state index in [0.717, 1.165) is 44.8 Å². The van der Waals surface area contributed by atoms with E-state index < -0.39 is 0 Å². The summed E-state index contributed by atoms with van der Waals surface area (Å²) in [6.45, 7) is 6.61. The molecule has 1 heterocycles. The van der Waals surface area contributed by atoms with E-state index in [4.69, 9.17) is 4.42 Å². The maximum Gasteiger partial charge on any atom is 0.142 e. The van der Waals surface area contributed by atoms with Crippen molar-refractivity contribution >= 4 is 49.9 Å². The first kappa shape index (κ1) is 21.0. The van der Waals surface area contributed by atoms with E-state index in [1.54, 1.807) is 0 Å². The van der Waals surface area contributed by atoms with E-state index >= 15 is 0 Å². The normalized spacial score (nSPS) is 11.9. The molecule has 6 rings (SSSR count). The molecular formula is C33H25NO. The van der Waals surface area contributed by atoms with Gasteiger partial charge in [0, 0.05) is 27.9 Å². The zero-order valence-electron chi connectivity index (χ0n) is 19.6. The highest BCUT2D eigenvalue weighted by atomic mass is 16.3. The fourth-order valence-corrected chi connectivity index (χ4v) is 4.87. The lowest BCUT2D eigenvalue weighted by atomic mass is 9.94. The van der Waals surface area contributed by atoms with Gasteiger partial charge in [0.05, 0.1) is 0 Å². The third-order valence-electron chi connectivity index (χ3n) is 6.48. The van der Waals surface area contributed by atoms with Gasteiger partial charge in [-0.25, -0.2) is 0 Å². The monoisotopic (exact) mass is 451 g/mol. The number of nitrogens with one attached hydrogen (secondary N) is 1. The Morgan fingerprint density at radius 1 is 0.714 bits per heavy atom. The van der Waals surface area contributed by atoms with Gasteiger partial charge in [-0.15, -0.1) is 0 Å². The summed E-state index contributed by atoms with van der Waals surface area (Å²) in [6.07, 6.45) is 2.18. The van der Waals surface area contributed by atoms with Gasteiger partial charge in [0.1, 0.15) is 11.3 Å². The summed E-state index contributed by atoms with van der Waals surface area (Å²) in [5, 5.41) is 9.33. The zero-order valence-corrected chi connectivity index (χ0v) is 19.6. The maximum absolute atomic E-state index is 6.55. The summed E-state index contributed by atoms with van der Waals surface area (Å²) in [7, 11) is 0. The predicted octanol–water partition coefficient (Wildman–Crippen LogP) is 9.27. The van der Waals surface area contributed by atoms with Crippen LogP contribution >= 0.6 is 0 Å². The van der Waals surface area contributed by atoms with Crippen LogP contribution < -0.4 is 5.32 Å². The lowest BCUT2D eigenvalue weighted by molar-refractivity contribution is 0.600. The van der Waals surface area contributed by atoms with Crippen molar-refractivity contribution in [2.24, 2.45) is 0 Å². The second kappa shape index (κ2) is 8.66. The Morgan fingerprint density at radius 2 is 1.37 bits per heavy atom. The zero-order chi connectivity index (χ0) is 23.8. The van der Waals surface area contributed by atoms with Crippen LogP contribution in [0.1, 0.15) is 23.8 Å². The summed E-state index contributed by atoms with van der Waals surface area (Å²) in [5.41, 5.74) is 5.93. The number of hydrogen-bond acceptors (Lipinski definition) is 2. The first-order valence-corrected chi connectivity index (χ1v) is 11.8. The van der Waals surface area contributed by atoms with E-state index in [0.29, 0.717) is 0 Å². The molecule has 0 saturated carbocycles. The number of para-hydroxylation sites is 1. The Labute approximate surface area is 204 Å². The summed E-state index contributed by atoms with van der Waals surface area (Å²) < 4.78 is 6.55. The number of rotatable bonds is 5. The Hall–Kier alpha value is -4.56. The van der Waals surface area contributed by atoms with Crippen LogP contribution in [0.15, 0.2) is 126 Å². The maximum atomic E-state index is 6.55. The third kappa shape index (κ3) is 3.79. The fourth-order valence-electron chi connectivity index (χ4n) is 4.87. The molecule has 2 nitrogen and oxygen atoms in total. The van der Waals surface area contributed by atoms with Gasteiger partial charge in [0.25, 0.3) is 0 Å². The SMILES string of the molecule is C=C(c1oc2ccc3ccccc3c2c1/C=C(\C)Nc1ccccc1)c1cccc2ccccc12. The van der Waals surface area contributed by atoms with E-state index in [-0.39, 0.29) is 0 Å². The molecule has 1 N–H and O–H groups in total. The quantitative estimate of drug-likeness (QED) is 0.282. The summed E-state index contributed by atoms with van der Waals surface area (Å²) in [6, 6.07) is 37.6. The standard InChI is InChI=1S/C33H25NO/c1-22(34-26-14-4-3-5-15-26)21-30-32-29-17-9-7-12-25(29)19-20-31(32)35-33(30)23(2)27-18-10-13-24-11-6-8-16-28(24)27/h3-21,34H,2H2,1H3/b22-21+. The lowest BCUT2D eigenvalue weighted by Crippen LogP contribution is -1.96. The van der Waals surface area contributed by atoms with Gasteiger partial charge in [0.2, 0.25) is 0 Å². The van der Waals surface area contributed by atoms with E-state index in [2.05, 4.69) is 116 Å². The van der Waals surface area contributed by atoms with Gasteiger partial charge in [-0.2, -0.15) is 0 Å². The molecule has 0 aliphatic heterocycles. The number of anilines is 1. The second-order valence-corrected chi connectivity index (χ2v) is 8.83. The molecule has 0 fully saturated rings. The fraction of sp³-hybridized carbons (Fsp3) is 0.0303. The number of furan rings is 1. The minimum absolute atomic E-state index is 0.793. The van der Waals surface area contributed by atoms with Crippen molar-refractivity contribution in [2.45, 2.75) is 6.92 Å². The summed E-state index contributed by atoms with van der Waals surface area (Å²) in [5.74, 6) is 0.793. The van der Waals surface area contributed by atoms with Gasteiger partial charge >= 0.3 is 0 Å². The van der Waals surface area contributed by atoms with Crippen molar-refractivity contribution < 1.29 is 4.42 Å². The molecule has 5 aromatic carbocycles. The van der Waals surface area contributed by atoms with Gasteiger partial charge in [0.15, 0.2) is 0 Å². The van der Waals surface area contributed by atoms with Gasteiger partial charge in [-0.3, -0.25) is 0 Å². The second-order valence-electron chi connectivity index (χ2n) is 8.83. The first-order chi connectivity index (χ1) is 17.2. The number of benzene rings is 5. The lowest BCUT2D eigenvalue weighted by Gasteiger charge is -2.10. The molecule has 0 atom stereocenters. The molecule has 0 amide bonds.